The van der Waals surface area contributed by atoms with Crippen molar-refractivity contribution in [3.63, 3.8) is 0 Å². The number of nitrogens with zero attached hydrogens (tertiary/aromatic N) is 3. The number of hydrazone groups is 1. The fourth-order valence-electron chi connectivity index (χ4n) is 4.10. The summed E-state index contributed by atoms with van der Waals surface area (Å²) < 4.78 is 5.15. The highest BCUT2D eigenvalue weighted by molar-refractivity contribution is 6.32. The quantitative estimate of drug-likeness (QED) is 0.805. The molecular weight excluding hydrogens is 370 g/mol. The van der Waals surface area contributed by atoms with Crippen molar-refractivity contribution in [2.24, 2.45) is 11.0 Å². The second-order valence-corrected chi connectivity index (χ2v) is 7.07. The lowest BCUT2D eigenvalue weighted by Gasteiger charge is -2.35. The number of benzene rings is 2. The molecule has 7 nitrogen and oxygen atoms in total. The van der Waals surface area contributed by atoms with E-state index in [9.17, 15) is 14.4 Å². The summed E-state index contributed by atoms with van der Waals surface area (Å²) in [4.78, 5) is 40.4. The Labute approximate surface area is 168 Å². The predicted octanol–water partition coefficient (Wildman–Crippen LogP) is 3.20. The molecule has 0 aromatic heterocycles. The van der Waals surface area contributed by atoms with E-state index in [1.807, 2.05) is 36.4 Å². The van der Waals surface area contributed by atoms with Crippen molar-refractivity contribution in [2.75, 3.05) is 11.6 Å². The number of hydrogen-bond donors (Lipinski definition) is 0. The standard InChI is InChI=1S/C22H21N3O4/c1-3-29-21(28)24-18(26)14-15(2)22(24)19(16-10-6-4-7-11-16)23-25(20(22)27)17-12-8-5-9-13-17/h4-13,15H,3,14H2,1-2H3/t15-,22-/m1/s1. The average molecular weight is 391 g/mol. The van der Waals surface area contributed by atoms with E-state index in [0.29, 0.717) is 17.0 Å². The topological polar surface area (TPSA) is 79.3 Å². The molecule has 0 N–H and O–H groups in total. The van der Waals surface area contributed by atoms with Gasteiger partial charge in [0.25, 0.3) is 5.91 Å². The fourth-order valence-corrected chi connectivity index (χ4v) is 4.10. The van der Waals surface area contributed by atoms with Gasteiger partial charge < -0.3 is 4.74 Å². The first kappa shape index (κ1) is 18.9. The Morgan fingerprint density at radius 1 is 1.10 bits per heavy atom. The molecule has 0 radical (unpaired) electrons. The average Bonchev–Trinajstić information content (AvgIpc) is 3.18. The maximum Gasteiger partial charge on any atom is 0.417 e. The van der Waals surface area contributed by atoms with Crippen LogP contribution in [0.2, 0.25) is 0 Å². The first-order valence-corrected chi connectivity index (χ1v) is 9.55. The van der Waals surface area contributed by atoms with Crippen LogP contribution in [0.4, 0.5) is 10.5 Å². The minimum atomic E-state index is -1.54. The SMILES string of the molecule is CCOC(=O)N1C(=O)C[C@@H](C)[C@@]12C(=O)N(c1ccccc1)N=C2c1ccccc1. The van der Waals surface area contributed by atoms with Crippen molar-refractivity contribution in [3.05, 3.63) is 66.2 Å². The number of ether oxygens (including phenoxy) is 1. The molecule has 29 heavy (non-hydrogen) atoms. The number of hydrogen-bond acceptors (Lipinski definition) is 5. The monoisotopic (exact) mass is 391 g/mol. The van der Waals surface area contributed by atoms with Gasteiger partial charge in [-0.15, -0.1) is 0 Å². The van der Waals surface area contributed by atoms with E-state index in [1.54, 1.807) is 38.1 Å². The van der Waals surface area contributed by atoms with E-state index in [1.165, 1.54) is 5.01 Å². The zero-order chi connectivity index (χ0) is 20.6. The van der Waals surface area contributed by atoms with E-state index in [0.717, 1.165) is 4.90 Å². The second kappa shape index (κ2) is 7.16. The van der Waals surface area contributed by atoms with Crippen LogP contribution in [0.5, 0.6) is 0 Å². The lowest BCUT2D eigenvalue weighted by molar-refractivity contribution is -0.134. The van der Waals surface area contributed by atoms with Gasteiger partial charge in [0.2, 0.25) is 5.91 Å². The normalized spacial score (nSPS) is 23.7. The fraction of sp³-hybridized carbons (Fsp3) is 0.273. The van der Waals surface area contributed by atoms with Crippen molar-refractivity contribution in [1.29, 1.82) is 0 Å². The van der Waals surface area contributed by atoms with Gasteiger partial charge in [0.05, 0.1) is 12.3 Å². The van der Waals surface area contributed by atoms with Crippen molar-refractivity contribution >= 4 is 29.3 Å². The van der Waals surface area contributed by atoms with Crippen LogP contribution in [-0.4, -0.2) is 40.7 Å². The van der Waals surface area contributed by atoms with Gasteiger partial charge >= 0.3 is 6.09 Å². The van der Waals surface area contributed by atoms with Gasteiger partial charge in [-0.1, -0.05) is 55.5 Å². The van der Waals surface area contributed by atoms with Crippen LogP contribution in [0.25, 0.3) is 0 Å². The number of carbonyl (C=O) groups excluding carboxylic acids is 3. The second-order valence-electron chi connectivity index (χ2n) is 7.07. The molecule has 1 spiro atoms. The van der Waals surface area contributed by atoms with Gasteiger partial charge in [0.1, 0.15) is 5.71 Å². The Morgan fingerprint density at radius 3 is 2.34 bits per heavy atom. The van der Waals surface area contributed by atoms with Crippen molar-refractivity contribution in [1.82, 2.24) is 4.90 Å². The van der Waals surface area contributed by atoms with Crippen LogP contribution < -0.4 is 5.01 Å². The number of para-hydroxylation sites is 1. The first-order valence-electron chi connectivity index (χ1n) is 9.55. The highest BCUT2D eigenvalue weighted by Gasteiger charge is 2.67. The molecule has 2 atom stereocenters. The number of carbonyl (C=O) groups is 3. The predicted molar refractivity (Wildman–Crippen MR) is 107 cm³/mol. The van der Waals surface area contributed by atoms with Gasteiger partial charge in [-0.2, -0.15) is 10.1 Å². The molecule has 7 heteroatoms. The molecule has 0 unspecified atom stereocenters. The Bertz CT molecular complexity index is 990. The van der Waals surface area contributed by atoms with E-state index >= 15 is 0 Å². The summed E-state index contributed by atoms with van der Waals surface area (Å²) in [6.07, 6.45) is -0.771. The summed E-state index contributed by atoms with van der Waals surface area (Å²) in [6, 6.07) is 18.1. The van der Waals surface area contributed by atoms with Gasteiger partial charge in [0, 0.05) is 17.9 Å². The van der Waals surface area contributed by atoms with Gasteiger partial charge in [-0.25, -0.2) is 9.69 Å². The number of anilines is 1. The minimum Gasteiger partial charge on any atom is -0.449 e. The Morgan fingerprint density at radius 2 is 1.72 bits per heavy atom. The van der Waals surface area contributed by atoms with E-state index in [4.69, 9.17) is 4.74 Å². The summed E-state index contributed by atoms with van der Waals surface area (Å²) in [5.41, 5.74) is 0.0761. The molecule has 2 aromatic rings. The molecule has 0 saturated carbocycles. The van der Waals surface area contributed by atoms with E-state index in [-0.39, 0.29) is 13.0 Å². The first-order chi connectivity index (χ1) is 14.0. The summed E-state index contributed by atoms with van der Waals surface area (Å²) in [7, 11) is 0. The van der Waals surface area contributed by atoms with Gasteiger partial charge in [-0.05, 0) is 19.1 Å². The smallest absolute Gasteiger partial charge is 0.417 e. The third-order valence-corrected chi connectivity index (χ3v) is 5.37. The zero-order valence-corrected chi connectivity index (χ0v) is 16.2. The molecule has 0 aliphatic carbocycles. The van der Waals surface area contributed by atoms with Crippen molar-refractivity contribution in [3.8, 4) is 0 Å². The van der Waals surface area contributed by atoms with Crippen molar-refractivity contribution < 1.29 is 19.1 Å². The number of likely N-dealkylation sites (tertiary alicyclic amines) is 1. The van der Waals surface area contributed by atoms with Crippen molar-refractivity contribution in [2.45, 2.75) is 25.8 Å². The molecule has 2 heterocycles. The molecule has 148 valence electrons. The Hall–Kier alpha value is -3.48. The van der Waals surface area contributed by atoms with E-state index in [2.05, 4.69) is 5.10 Å². The third kappa shape index (κ3) is 2.73. The van der Waals surface area contributed by atoms with Crippen LogP contribution >= 0.6 is 0 Å². The maximum atomic E-state index is 13.8. The molecular formula is C22H21N3O4. The molecule has 1 saturated heterocycles. The van der Waals surface area contributed by atoms with Gasteiger partial charge in [0.15, 0.2) is 5.54 Å². The summed E-state index contributed by atoms with van der Waals surface area (Å²) >= 11 is 0. The van der Waals surface area contributed by atoms with Crippen LogP contribution in [0, 0.1) is 5.92 Å². The zero-order valence-electron chi connectivity index (χ0n) is 16.2. The molecule has 0 bridgehead atoms. The Balaban J connectivity index is 1.94. The molecule has 4 rings (SSSR count). The Kier molecular flexibility index (Phi) is 4.66. The number of rotatable bonds is 3. The van der Waals surface area contributed by atoms with Crippen LogP contribution in [0.3, 0.4) is 0 Å². The summed E-state index contributed by atoms with van der Waals surface area (Å²) in [5.74, 6) is -1.34. The van der Waals surface area contributed by atoms with Crippen LogP contribution in [-0.2, 0) is 14.3 Å². The molecule has 2 aromatic carbocycles. The number of imide groups is 1. The minimum absolute atomic E-state index is 0.0546. The van der Waals surface area contributed by atoms with Crippen LogP contribution in [0.1, 0.15) is 25.8 Å². The lowest BCUT2D eigenvalue weighted by atomic mass is 9.78. The largest absolute Gasteiger partial charge is 0.449 e. The summed E-state index contributed by atoms with van der Waals surface area (Å²) in [6.45, 7) is 3.55. The third-order valence-electron chi connectivity index (χ3n) is 5.37. The molecule has 2 aliphatic heterocycles. The lowest BCUT2D eigenvalue weighted by Crippen LogP contribution is -2.62. The molecule has 1 fully saturated rings. The molecule has 3 amide bonds. The number of amides is 3. The highest BCUT2D eigenvalue weighted by atomic mass is 16.6. The summed E-state index contributed by atoms with van der Waals surface area (Å²) in [5, 5.41) is 5.90. The highest BCUT2D eigenvalue weighted by Crippen LogP contribution is 2.45. The van der Waals surface area contributed by atoms with E-state index < -0.39 is 29.4 Å². The van der Waals surface area contributed by atoms with Gasteiger partial charge in [-0.3, -0.25) is 9.59 Å². The molecule has 2 aliphatic rings. The maximum absolute atomic E-state index is 13.8. The van der Waals surface area contributed by atoms with Crippen LogP contribution in [0.15, 0.2) is 65.8 Å².